The van der Waals surface area contributed by atoms with Crippen molar-refractivity contribution in [2.24, 2.45) is 16.6 Å². The summed E-state index contributed by atoms with van der Waals surface area (Å²) in [6, 6.07) is 9.41. The molecule has 0 fully saturated rings. The van der Waals surface area contributed by atoms with Crippen LogP contribution in [0.5, 0.6) is 0 Å². The molecule has 2 atom stereocenters. The van der Waals surface area contributed by atoms with Crippen LogP contribution >= 0.6 is 0 Å². The zero-order valence-corrected chi connectivity index (χ0v) is 13.5. The molecule has 0 saturated heterocycles. The lowest BCUT2D eigenvalue weighted by Gasteiger charge is -2.31. The van der Waals surface area contributed by atoms with Crippen LogP contribution in [0.1, 0.15) is 12.5 Å². The average molecular weight is 312 g/mol. The van der Waals surface area contributed by atoms with Crippen molar-refractivity contribution in [3.63, 3.8) is 0 Å². The minimum Gasteiger partial charge on any atom is -0.371 e. The molecule has 2 aliphatic heterocycles. The Morgan fingerprint density at radius 1 is 1.30 bits per heavy atom. The first-order chi connectivity index (χ1) is 10.9. The maximum atomic E-state index is 13.0. The Morgan fingerprint density at radius 2 is 1.96 bits per heavy atom. The fourth-order valence-electron chi connectivity index (χ4n) is 3.40. The van der Waals surface area contributed by atoms with E-state index in [1.807, 2.05) is 48.4 Å². The van der Waals surface area contributed by atoms with Gasteiger partial charge in [-0.05, 0) is 11.6 Å². The Hall–Kier alpha value is -2.63. The van der Waals surface area contributed by atoms with Gasteiger partial charge in [-0.1, -0.05) is 30.3 Å². The summed E-state index contributed by atoms with van der Waals surface area (Å²) in [5.74, 6) is -0.231. The molecular weight excluding hydrogens is 292 g/mol. The van der Waals surface area contributed by atoms with Crippen LogP contribution < -0.4 is 5.73 Å². The summed E-state index contributed by atoms with van der Waals surface area (Å²) >= 11 is 0. The van der Waals surface area contributed by atoms with E-state index in [9.17, 15) is 9.59 Å². The highest BCUT2D eigenvalue weighted by atomic mass is 16.2. The Balaban J connectivity index is 2.16. The normalized spacial score (nSPS) is 27.3. The Labute approximate surface area is 135 Å². The highest BCUT2D eigenvalue weighted by molar-refractivity contribution is 6.07. The first kappa shape index (κ1) is 15.3. The predicted octanol–water partition coefficient (Wildman–Crippen LogP) is 0.703. The van der Waals surface area contributed by atoms with Crippen molar-refractivity contribution in [2.75, 3.05) is 20.6 Å². The SMILES string of the molecule is CC(=O)C1=CC([C@]2(c3ccccc3)N=C(N)N(C)C2=O)CN1C. The van der Waals surface area contributed by atoms with Crippen LogP contribution in [0.25, 0.3) is 0 Å². The summed E-state index contributed by atoms with van der Waals surface area (Å²) in [4.78, 5) is 32.6. The number of likely N-dealkylation sites (N-methyl/N-ethyl adjacent to an activating group) is 2. The van der Waals surface area contributed by atoms with Gasteiger partial charge < -0.3 is 10.6 Å². The fraction of sp³-hybridized carbons (Fsp3) is 0.353. The van der Waals surface area contributed by atoms with Gasteiger partial charge in [-0.3, -0.25) is 14.5 Å². The molecule has 2 aliphatic rings. The van der Waals surface area contributed by atoms with E-state index in [0.29, 0.717) is 12.2 Å². The molecule has 0 bridgehead atoms. The number of hydrogen-bond acceptors (Lipinski definition) is 5. The molecule has 1 unspecified atom stereocenters. The Kier molecular flexibility index (Phi) is 3.47. The standard InChI is InChI=1S/C17H20N4O2/c1-11(22)14-9-13(10-20(14)2)17(12-7-5-4-6-8-12)15(23)21(3)16(18)19-17/h4-9,13H,10H2,1-3H3,(H2,18,19)/t13?,17-/m0/s1. The van der Waals surface area contributed by atoms with E-state index >= 15 is 0 Å². The van der Waals surface area contributed by atoms with Crippen molar-refractivity contribution in [3.05, 3.63) is 47.7 Å². The average Bonchev–Trinajstić information content (AvgIpc) is 3.03. The van der Waals surface area contributed by atoms with Crippen LogP contribution in [-0.2, 0) is 15.1 Å². The molecule has 120 valence electrons. The van der Waals surface area contributed by atoms with E-state index in [4.69, 9.17) is 5.73 Å². The van der Waals surface area contributed by atoms with Gasteiger partial charge in [0.1, 0.15) is 0 Å². The summed E-state index contributed by atoms with van der Waals surface area (Å²) in [5.41, 5.74) is 6.23. The summed E-state index contributed by atoms with van der Waals surface area (Å²) in [6.45, 7) is 2.07. The van der Waals surface area contributed by atoms with Crippen LogP contribution in [0, 0.1) is 5.92 Å². The monoisotopic (exact) mass is 312 g/mol. The summed E-state index contributed by atoms with van der Waals surface area (Å²) in [7, 11) is 3.47. The predicted molar refractivity (Wildman–Crippen MR) is 87.4 cm³/mol. The van der Waals surface area contributed by atoms with E-state index in [1.165, 1.54) is 11.8 Å². The van der Waals surface area contributed by atoms with Gasteiger partial charge in [-0.15, -0.1) is 0 Å². The minimum atomic E-state index is -1.11. The maximum absolute atomic E-state index is 13.0. The third-order valence-corrected chi connectivity index (χ3v) is 4.62. The summed E-state index contributed by atoms with van der Waals surface area (Å²) in [5, 5.41) is 0. The molecule has 0 aliphatic carbocycles. The third kappa shape index (κ3) is 2.13. The molecule has 6 heteroatoms. The first-order valence-corrected chi connectivity index (χ1v) is 7.51. The van der Waals surface area contributed by atoms with E-state index in [1.54, 1.807) is 7.05 Å². The van der Waals surface area contributed by atoms with E-state index < -0.39 is 5.54 Å². The van der Waals surface area contributed by atoms with Gasteiger partial charge in [0.05, 0.1) is 5.70 Å². The number of nitrogens with two attached hydrogens (primary N) is 1. The molecule has 0 radical (unpaired) electrons. The molecular formula is C17H20N4O2. The van der Waals surface area contributed by atoms with Gasteiger partial charge in [0.2, 0.25) is 0 Å². The van der Waals surface area contributed by atoms with Gasteiger partial charge in [-0.25, -0.2) is 4.99 Å². The zero-order valence-electron chi connectivity index (χ0n) is 13.5. The largest absolute Gasteiger partial charge is 0.371 e. The van der Waals surface area contributed by atoms with Crippen molar-refractivity contribution in [1.29, 1.82) is 0 Å². The van der Waals surface area contributed by atoms with Crippen molar-refractivity contribution in [2.45, 2.75) is 12.5 Å². The molecule has 6 nitrogen and oxygen atoms in total. The fourth-order valence-corrected chi connectivity index (χ4v) is 3.40. The van der Waals surface area contributed by atoms with Crippen LogP contribution in [-0.4, -0.2) is 48.1 Å². The number of carbonyl (C=O) groups excluding carboxylic acids is 2. The van der Waals surface area contributed by atoms with Crippen LogP contribution in [0.3, 0.4) is 0 Å². The number of rotatable bonds is 3. The molecule has 0 spiro atoms. The number of amides is 1. The van der Waals surface area contributed by atoms with Gasteiger partial charge >= 0.3 is 0 Å². The van der Waals surface area contributed by atoms with Crippen molar-refractivity contribution in [3.8, 4) is 0 Å². The van der Waals surface area contributed by atoms with Gasteiger partial charge in [0.25, 0.3) is 5.91 Å². The Bertz CT molecular complexity index is 725. The molecule has 1 aromatic carbocycles. The number of aliphatic imine (C=N–C) groups is 1. The molecule has 1 amide bonds. The Morgan fingerprint density at radius 3 is 2.43 bits per heavy atom. The molecule has 0 aromatic heterocycles. The molecule has 3 rings (SSSR count). The molecule has 1 aromatic rings. The highest BCUT2D eigenvalue weighted by Gasteiger charge is 2.54. The van der Waals surface area contributed by atoms with Gasteiger partial charge in [0, 0.05) is 33.5 Å². The first-order valence-electron chi connectivity index (χ1n) is 7.51. The number of ketones is 1. The second-order valence-corrected chi connectivity index (χ2v) is 6.06. The number of carbonyl (C=O) groups is 2. The van der Waals surface area contributed by atoms with Crippen molar-refractivity contribution in [1.82, 2.24) is 9.80 Å². The zero-order chi connectivity index (χ0) is 16.8. The number of hydrogen-bond donors (Lipinski definition) is 1. The lowest BCUT2D eigenvalue weighted by atomic mass is 9.78. The van der Waals surface area contributed by atoms with Gasteiger partial charge in [0.15, 0.2) is 17.3 Å². The number of allylic oxidation sites excluding steroid dienone is 1. The van der Waals surface area contributed by atoms with Crippen LogP contribution in [0.15, 0.2) is 47.1 Å². The quantitative estimate of drug-likeness (QED) is 0.891. The summed E-state index contributed by atoms with van der Waals surface area (Å²) in [6.07, 6.45) is 1.85. The minimum absolute atomic E-state index is 0.0195. The van der Waals surface area contributed by atoms with Crippen LogP contribution in [0.2, 0.25) is 0 Å². The lowest BCUT2D eigenvalue weighted by molar-refractivity contribution is -0.132. The number of guanidine groups is 1. The second kappa shape index (κ2) is 5.22. The molecule has 0 saturated carbocycles. The molecule has 2 heterocycles. The molecule has 23 heavy (non-hydrogen) atoms. The lowest BCUT2D eigenvalue weighted by Crippen LogP contribution is -2.45. The third-order valence-electron chi connectivity index (χ3n) is 4.62. The maximum Gasteiger partial charge on any atom is 0.262 e. The number of Topliss-reactive ketones (excluding diaryl/α,β-unsaturated/α-hetero) is 1. The van der Waals surface area contributed by atoms with Crippen molar-refractivity contribution >= 4 is 17.6 Å². The molecule has 2 N–H and O–H groups in total. The van der Waals surface area contributed by atoms with Crippen molar-refractivity contribution < 1.29 is 9.59 Å². The second-order valence-electron chi connectivity index (χ2n) is 6.06. The number of benzene rings is 1. The van der Waals surface area contributed by atoms with Crippen LogP contribution in [0.4, 0.5) is 0 Å². The number of nitrogens with zero attached hydrogens (tertiary/aromatic N) is 3. The topological polar surface area (TPSA) is 79.0 Å². The van der Waals surface area contributed by atoms with E-state index in [-0.39, 0.29) is 23.6 Å². The van der Waals surface area contributed by atoms with E-state index in [0.717, 1.165) is 5.56 Å². The van der Waals surface area contributed by atoms with E-state index in [2.05, 4.69) is 4.99 Å². The smallest absolute Gasteiger partial charge is 0.262 e. The van der Waals surface area contributed by atoms with Gasteiger partial charge in [-0.2, -0.15) is 0 Å². The summed E-state index contributed by atoms with van der Waals surface area (Å²) < 4.78 is 0. The highest BCUT2D eigenvalue weighted by Crippen LogP contribution is 2.43.